The number of amides is 2. The largest absolute Gasteiger partial charge is 0.421 e. The molecule has 0 aliphatic carbocycles. The molecule has 220 valence electrons. The van der Waals surface area contributed by atoms with Crippen molar-refractivity contribution in [2.24, 2.45) is 0 Å². The molecule has 2 aliphatic rings. The molecule has 2 aromatic rings. The van der Waals surface area contributed by atoms with Crippen LogP contribution in [0.3, 0.4) is 0 Å². The average molecular weight is 586 g/mol. The van der Waals surface area contributed by atoms with E-state index in [4.69, 9.17) is 4.74 Å². The predicted molar refractivity (Wildman–Crippen MR) is 145 cm³/mol. The third-order valence-corrected chi connectivity index (χ3v) is 7.27. The number of carbonyl (C=O) groups excluding carboxylic acids is 2. The first-order valence-electron chi connectivity index (χ1n) is 13.0. The van der Waals surface area contributed by atoms with Gasteiger partial charge in [-0.1, -0.05) is 0 Å². The minimum absolute atomic E-state index is 0.0219. The van der Waals surface area contributed by atoms with Crippen LogP contribution >= 0.6 is 11.3 Å². The lowest BCUT2D eigenvalue weighted by Crippen LogP contribution is -2.50. The molecule has 2 amide bonds. The highest BCUT2D eigenvalue weighted by Gasteiger charge is 2.35. The average Bonchev–Trinajstić information content (AvgIpc) is 3.27. The third-order valence-electron chi connectivity index (χ3n) is 6.37. The van der Waals surface area contributed by atoms with Gasteiger partial charge in [0, 0.05) is 64.0 Å². The molecule has 2 fully saturated rings. The van der Waals surface area contributed by atoms with Gasteiger partial charge in [-0.05, 0) is 26.9 Å². The highest BCUT2D eigenvalue weighted by molar-refractivity contribution is 7.14. The van der Waals surface area contributed by atoms with Crippen LogP contribution in [0, 0.1) is 0 Å². The van der Waals surface area contributed by atoms with Gasteiger partial charge in [-0.25, -0.2) is 9.97 Å². The van der Waals surface area contributed by atoms with E-state index in [2.05, 4.69) is 30.5 Å². The van der Waals surface area contributed by atoms with Gasteiger partial charge in [-0.2, -0.15) is 18.2 Å². The van der Waals surface area contributed by atoms with Crippen LogP contribution in [-0.4, -0.2) is 121 Å². The molecule has 40 heavy (non-hydrogen) atoms. The van der Waals surface area contributed by atoms with Gasteiger partial charge in [-0.15, -0.1) is 11.3 Å². The number of likely N-dealkylation sites (N-methyl/N-ethyl adjacent to an activating group) is 1. The molecule has 16 heteroatoms. The van der Waals surface area contributed by atoms with Crippen LogP contribution in [0.4, 0.5) is 35.9 Å². The summed E-state index contributed by atoms with van der Waals surface area (Å²) in [4.78, 5) is 44.2. The second kappa shape index (κ2) is 13.4. The number of carbonyl (C=O) groups is 2. The van der Waals surface area contributed by atoms with Crippen molar-refractivity contribution < 1.29 is 27.5 Å². The molecule has 12 nitrogen and oxygen atoms in total. The molecular weight excluding hydrogens is 551 g/mol. The fourth-order valence-electron chi connectivity index (χ4n) is 4.33. The number of nitrogens with one attached hydrogen (secondary N) is 2. The fraction of sp³-hybridized carbons (Fsp3) is 0.625. The lowest BCUT2D eigenvalue weighted by Gasteiger charge is -2.35. The number of alkyl halides is 3. The van der Waals surface area contributed by atoms with Gasteiger partial charge in [-0.3, -0.25) is 9.59 Å². The molecule has 2 aliphatic heterocycles. The Labute approximate surface area is 234 Å². The number of anilines is 4. The van der Waals surface area contributed by atoms with Crippen LogP contribution in [0.2, 0.25) is 0 Å². The third kappa shape index (κ3) is 8.14. The van der Waals surface area contributed by atoms with E-state index in [1.807, 2.05) is 23.9 Å². The molecule has 0 bridgehead atoms. The fourth-order valence-corrected chi connectivity index (χ4v) is 5.14. The summed E-state index contributed by atoms with van der Waals surface area (Å²) in [5.41, 5.74) is -0.974. The molecule has 4 heterocycles. The molecule has 0 spiro atoms. The van der Waals surface area contributed by atoms with Crippen molar-refractivity contribution in [3.8, 4) is 0 Å². The van der Waals surface area contributed by atoms with Gasteiger partial charge in [0.15, 0.2) is 5.13 Å². The van der Waals surface area contributed by atoms with E-state index in [9.17, 15) is 22.8 Å². The molecule has 2 aromatic heterocycles. The molecule has 0 saturated carbocycles. The molecular formula is C24H34F3N9O3S. The highest BCUT2D eigenvalue weighted by Crippen LogP contribution is 2.34. The minimum atomic E-state index is -4.64. The van der Waals surface area contributed by atoms with Crippen LogP contribution < -0.4 is 15.5 Å². The van der Waals surface area contributed by atoms with Crippen molar-refractivity contribution in [2.75, 3.05) is 95.2 Å². The van der Waals surface area contributed by atoms with Gasteiger partial charge in [0.2, 0.25) is 17.8 Å². The molecule has 2 saturated heterocycles. The minimum Gasteiger partial charge on any atom is -0.372 e. The van der Waals surface area contributed by atoms with E-state index in [-0.39, 0.29) is 36.7 Å². The Hall–Kier alpha value is -3.24. The smallest absolute Gasteiger partial charge is 0.372 e. The number of ether oxygens (including phenoxy) is 1. The van der Waals surface area contributed by atoms with E-state index in [0.717, 1.165) is 17.7 Å². The SMILES string of the molecule is CN(C)CC(=O)N1CCN(c2nc(Nc3ncc(C(F)(F)F)c(NCCCN4CCCOCC4=O)n3)cs2)CC1. The number of piperazine rings is 1. The van der Waals surface area contributed by atoms with Crippen LogP contribution in [0.5, 0.6) is 0 Å². The first-order valence-corrected chi connectivity index (χ1v) is 13.9. The second-order valence-electron chi connectivity index (χ2n) is 9.77. The number of hydrogen-bond donors (Lipinski definition) is 2. The van der Waals surface area contributed by atoms with Gasteiger partial charge in [0.05, 0.1) is 6.54 Å². The number of hydrogen-bond acceptors (Lipinski definition) is 11. The standard InChI is InChI=1S/C24H34F3N9O3S/c1-33(2)14-19(37)35-8-10-36(11-9-35)23-31-18(16-40-23)30-22-29-13-17(24(25,26)27)21(32-22)28-5-3-6-34-7-4-12-39-15-20(34)38/h13,16H,3-12,14-15H2,1-2H3,(H2,28,29,30,32). The van der Waals surface area contributed by atoms with Crippen molar-refractivity contribution in [2.45, 2.75) is 19.0 Å². The number of rotatable bonds is 10. The zero-order chi connectivity index (χ0) is 28.7. The van der Waals surface area contributed by atoms with Crippen LogP contribution in [0.25, 0.3) is 0 Å². The van der Waals surface area contributed by atoms with Gasteiger partial charge >= 0.3 is 6.18 Å². The number of thiazole rings is 1. The Kier molecular flexibility index (Phi) is 9.97. The van der Waals surface area contributed by atoms with E-state index in [1.54, 1.807) is 10.3 Å². The zero-order valence-electron chi connectivity index (χ0n) is 22.5. The Morgan fingerprint density at radius 2 is 1.95 bits per heavy atom. The molecule has 0 unspecified atom stereocenters. The lowest BCUT2D eigenvalue weighted by molar-refractivity contribution is -0.137. The van der Waals surface area contributed by atoms with Crippen molar-refractivity contribution in [3.05, 3.63) is 17.1 Å². The summed E-state index contributed by atoms with van der Waals surface area (Å²) in [6.45, 7) is 4.51. The van der Waals surface area contributed by atoms with E-state index in [0.29, 0.717) is 64.7 Å². The monoisotopic (exact) mass is 585 g/mol. The molecule has 4 rings (SSSR count). The van der Waals surface area contributed by atoms with Crippen LogP contribution in [-0.2, 0) is 20.5 Å². The first-order chi connectivity index (χ1) is 19.1. The summed E-state index contributed by atoms with van der Waals surface area (Å²) in [5.74, 6) is 0.0129. The summed E-state index contributed by atoms with van der Waals surface area (Å²) >= 11 is 1.39. The van der Waals surface area contributed by atoms with Crippen molar-refractivity contribution in [3.63, 3.8) is 0 Å². The maximum Gasteiger partial charge on any atom is 0.421 e. The molecule has 2 N–H and O–H groups in total. The normalized spacial score (nSPS) is 16.9. The van der Waals surface area contributed by atoms with E-state index in [1.165, 1.54) is 11.3 Å². The van der Waals surface area contributed by atoms with Crippen molar-refractivity contribution in [1.82, 2.24) is 29.7 Å². The number of nitrogens with zero attached hydrogens (tertiary/aromatic N) is 7. The molecule has 0 aromatic carbocycles. The topological polar surface area (TPSA) is 119 Å². The van der Waals surface area contributed by atoms with Crippen molar-refractivity contribution in [1.29, 1.82) is 0 Å². The molecule has 0 radical (unpaired) electrons. The van der Waals surface area contributed by atoms with Crippen LogP contribution in [0.15, 0.2) is 11.6 Å². The summed E-state index contributed by atoms with van der Waals surface area (Å²) in [6.07, 6.45) is -2.73. The quantitative estimate of drug-likeness (QED) is 0.401. The Balaban J connectivity index is 1.34. The Morgan fingerprint density at radius 3 is 2.67 bits per heavy atom. The maximum absolute atomic E-state index is 13.6. The number of aromatic nitrogens is 3. The Bertz CT molecular complexity index is 1160. The number of halogens is 3. The Morgan fingerprint density at radius 1 is 1.18 bits per heavy atom. The van der Waals surface area contributed by atoms with Gasteiger partial charge in [0.1, 0.15) is 23.8 Å². The van der Waals surface area contributed by atoms with Crippen LogP contribution in [0.1, 0.15) is 18.4 Å². The summed E-state index contributed by atoms with van der Waals surface area (Å²) in [5, 5.41) is 8.13. The lowest BCUT2D eigenvalue weighted by atomic mass is 10.3. The second-order valence-corrected chi connectivity index (χ2v) is 10.6. The van der Waals surface area contributed by atoms with Gasteiger partial charge < -0.3 is 35.0 Å². The van der Waals surface area contributed by atoms with Gasteiger partial charge in [0.25, 0.3) is 0 Å². The molecule has 0 atom stereocenters. The van der Waals surface area contributed by atoms with Crippen molar-refractivity contribution >= 4 is 45.9 Å². The van der Waals surface area contributed by atoms with E-state index < -0.39 is 11.7 Å². The zero-order valence-corrected chi connectivity index (χ0v) is 23.4. The summed E-state index contributed by atoms with van der Waals surface area (Å²) < 4.78 is 46.0. The highest BCUT2D eigenvalue weighted by atomic mass is 32.1. The summed E-state index contributed by atoms with van der Waals surface area (Å²) in [6, 6.07) is 0. The summed E-state index contributed by atoms with van der Waals surface area (Å²) in [7, 11) is 3.71. The maximum atomic E-state index is 13.6. The van der Waals surface area contributed by atoms with E-state index >= 15 is 0 Å². The predicted octanol–water partition coefficient (Wildman–Crippen LogP) is 1.96. The first kappa shape index (κ1) is 29.7.